The van der Waals surface area contributed by atoms with Gasteiger partial charge in [0.25, 0.3) is 5.56 Å². The number of aromatic amines is 1. The normalized spacial score (nSPS) is 12.3. The zero-order chi connectivity index (χ0) is 22.2. The molecule has 32 heavy (non-hydrogen) atoms. The Balaban J connectivity index is 1.74. The third-order valence-electron chi connectivity index (χ3n) is 5.21. The van der Waals surface area contributed by atoms with E-state index in [9.17, 15) is 13.6 Å². The summed E-state index contributed by atoms with van der Waals surface area (Å²) in [5.41, 5.74) is 1.12. The number of fused-ring (bicyclic) bond motifs is 2. The zero-order valence-corrected chi connectivity index (χ0v) is 16.9. The van der Waals surface area contributed by atoms with Crippen molar-refractivity contribution >= 4 is 27.9 Å². The summed E-state index contributed by atoms with van der Waals surface area (Å²) in [7, 11) is 0. The second-order valence-electron chi connectivity index (χ2n) is 7.15. The van der Waals surface area contributed by atoms with Crippen molar-refractivity contribution in [1.29, 1.82) is 0 Å². The molecule has 10 heteroatoms. The minimum Gasteiger partial charge on any atom is -0.358 e. The van der Waals surface area contributed by atoms with Crippen LogP contribution in [-0.4, -0.2) is 29.5 Å². The molecule has 0 spiro atoms. The molecule has 0 saturated heterocycles. The highest BCUT2D eigenvalue weighted by molar-refractivity contribution is 5.82. The molecule has 0 aliphatic heterocycles. The van der Waals surface area contributed by atoms with E-state index in [1.165, 1.54) is 53.6 Å². The van der Waals surface area contributed by atoms with Crippen LogP contribution in [-0.2, 0) is 0 Å². The van der Waals surface area contributed by atoms with Crippen molar-refractivity contribution in [3.05, 3.63) is 82.9 Å². The van der Waals surface area contributed by atoms with E-state index in [0.717, 1.165) is 0 Å². The number of nitrogens with one attached hydrogen (secondary N) is 2. The second-order valence-corrected chi connectivity index (χ2v) is 7.15. The molecule has 0 fully saturated rings. The van der Waals surface area contributed by atoms with Crippen LogP contribution in [0.3, 0.4) is 0 Å². The number of H-pyrrole nitrogens is 1. The molecule has 1 atom stereocenters. The Hall–Kier alpha value is -4.21. The Morgan fingerprint density at radius 3 is 2.69 bits per heavy atom. The third kappa shape index (κ3) is 3.25. The highest BCUT2D eigenvalue weighted by atomic mass is 19.1. The van der Waals surface area contributed by atoms with Gasteiger partial charge in [-0.2, -0.15) is 0 Å². The molecule has 0 unspecified atom stereocenters. The van der Waals surface area contributed by atoms with E-state index in [2.05, 4.69) is 30.2 Å². The van der Waals surface area contributed by atoms with Gasteiger partial charge in [-0.05, 0) is 42.8 Å². The number of hydrogen-bond acceptors (Lipinski definition) is 6. The number of halogens is 2. The van der Waals surface area contributed by atoms with Crippen LogP contribution >= 0.6 is 0 Å². The molecule has 2 aromatic carbocycles. The van der Waals surface area contributed by atoms with Gasteiger partial charge < -0.3 is 10.3 Å². The lowest BCUT2D eigenvalue weighted by Crippen LogP contribution is -2.28. The van der Waals surface area contributed by atoms with E-state index < -0.39 is 23.2 Å². The molecule has 0 bridgehead atoms. The van der Waals surface area contributed by atoms with E-state index in [-0.39, 0.29) is 10.9 Å². The van der Waals surface area contributed by atoms with Gasteiger partial charge in [0.2, 0.25) is 0 Å². The van der Waals surface area contributed by atoms with E-state index in [1.54, 1.807) is 6.07 Å². The van der Waals surface area contributed by atoms with E-state index >= 15 is 0 Å². The van der Waals surface area contributed by atoms with E-state index in [1.807, 2.05) is 6.92 Å². The first-order chi connectivity index (χ1) is 15.6. The largest absolute Gasteiger partial charge is 0.358 e. The summed E-state index contributed by atoms with van der Waals surface area (Å²) < 4.78 is 29.4. The summed E-state index contributed by atoms with van der Waals surface area (Å²) in [6.45, 7) is 1.92. The van der Waals surface area contributed by atoms with Crippen molar-refractivity contribution in [2.45, 2.75) is 19.4 Å². The monoisotopic (exact) mass is 433 g/mol. The average molecular weight is 433 g/mol. The fourth-order valence-electron chi connectivity index (χ4n) is 3.67. The standard InChI is InChI=1S/C22H17F2N7O/c1-2-15(29-20-18-19(26-10-25-18)27-11-28-20)21-30-16-5-3-4-14(24)17(16)22(32)31(21)13-8-6-12(23)7-9-13/h3-11,15H,2H2,1H3,(H2,25,26,27,28,29)/t15-/m0/s1. The molecular weight excluding hydrogens is 416 g/mol. The van der Waals surface area contributed by atoms with Crippen LogP contribution in [0.5, 0.6) is 0 Å². The molecule has 0 saturated carbocycles. The first-order valence-corrected chi connectivity index (χ1v) is 9.94. The molecule has 3 aromatic heterocycles. The quantitative estimate of drug-likeness (QED) is 0.436. The van der Waals surface area contributed by atoms with Crippen molar-refractivity contribution in [2.24, 2.45) is 0 Å². The van der Waals surface area contributed by atoms with Gasteiger partial charge in [-0.15, -0.1) is 0 Å². The van der Waals surface area contributed by atoms with Gasteiger partial charge in [0.1, 0.15) is 34.7 Å². The van der Waals surface area contributed by atoms with E-state index in [0.29, 0.717) is 34.9 Å². The van der Waals surface area contributed by atoms with Crippen molar-refractivity contribution in [1.82, 2.24) is 29.5 Å². The summed E-state index contributed by atoms with van der Waals surface area (Å²) in [6.07, 6.45) is 3.42. The summed E-state index contributed by atoms with van der Waals surface area (Å²) in [5, 5.41) is 3.16. The number of imidazole rings is 1. The molecule has 160 valence electrons. The number of anilines is 1. The second kappa shape index (κ2) is 7.80. The number of hydrogen-bond donors (Lipinski definition) is 2. The van der Waals surface area contributed by atoms with Crippen LogP contribution in [0.1, 0.15) is 25.2 Å². The average Bonchev–Trinajstić information content (AvgIpc) is 3.28. The molecule has 3 heterocycles. The van der Waals surface area contributed by atoms with Gasteiger partial charge in [-0.25, -0.2) is 28.7 Å². The lowest BCUT2D eigenvalue weighted by molar-refractivity contribution is 0.623. The molecule has 5 aromatic rings. The van der Waals surface area contributed by atoms with Crippen LogP contribution in [0.4, 0.5) is 14.6 Å². The summed E-state index contributed by atoms with van der Waals surface area (Å²) >= 11 is 0. The SMILES string of the molecule is CC[C@H](Nc1ncnc2nc[nH]c12)c1nc2cccc(F)c2c(=O)n1-c1ccc(F)cc1. The number of aromatic nitrogens is 6. The van der Waals surface area contributed by atoms with Crippen molar-refractivity contribution in [2.75, 3.05) is 5.32 Å². The van der Waals surface area contributed by atoms with Crippen LogP contribution in [0, 0.1) is 11.6 Å². The molecule has 0 amide bonds. The Morgan fingerprint density at radius 2 is 1.91 bits per heavy atom. The maximum Gasteiger partial charge on any atom is 0.269 e. The van der Waals surface area contributed by atoms with Gasteiger partial charge in [-0.3, -0.25) is 9.36 Å². The van der Waals surface area contributed by atoms with Crippen molar-refractivity contribution in [3.8, 4) is 5.69 Å². The summed E-state index contributed by atoms with van der Waals surface area (Å²) in [5.74, 6) is -0.290. The Bertz CT molecular complexity index is 1490. The smallest absolute Gasteiger partial charge is 0.269 e. The highest BCUT2D eigenvalue weighted by Crippen LogP contribution is 2.26. The Kier molecular flexibility index (Phi) is 4.81. The van der Waals surface area contributed by atoms with Crippen molar-refractivity contribution in [3.63, 3.8) is 0 Å². The number of benzene rings is 2. The topological polar surface area (TPSA) is 101 Å². The highest BCUT2D eigenvalue weighted by Gasteiger charge is 2.23. The fraction of sp³-hybridized carbons (Fsp3) is 0.136. The number of rotatable bonds is 5. The van der Waals surface area contributed by atoms with Crippen molar-refractivity contribution < 1.29 is 8.78 Å². The first-order valence-electron chi connectivity index (χ1n) is 9.94. The Morgan fingerprint density at radius 1 is 1.09 bits per heavy atom. The molecule has 2 N–H and O–H groups in total. The molecule has 0 aliphatic rings. The predicted octanol–water partition coefficient (Wildman–Crippen LogP) is 3.89. The third-order valence-corrected chi connectivity index (χ3v) is 5.21. The first kappa shape index (κ1) is 19.7. The summed E-state index contributed by atoms with van der Waals surface area (Å²) in [6, 6.07) is 9.21. The molecule has 0 radical (unpaired) electrons. The van der Waals surface area contributed by atoms with Gasteiger partial charge in [-0.1, -0.05) is 13.0 Å². The van der Waals surface area contributed by atoms with Gasteiger partial charge in [0.05, 0.1) is 23.6 Å². The van der Waals surface area contributed by atoms with Crippen LogP contribution in [0.25, 0.3) is 27.8 Å². The maximum atomic E-state index is 14.6. The lowest BCUT2D eigenvalue weighted by atomic mass is 10.1. The molecule has 5 rings (SSSR count). The number of nitrogens with zero attached hydrogens (tertiary/aromatic N) is 5. The predicted molar refractivity (Wildman–Crippen MR) is 116 cm³/mol. The Labute approximate surface area is 180 Å². The summed E-state index contributed by atoms with van der Waals surface area (Å²) in [4.78, 5) is 33.6. The minimum atomic E-state index is -0.668. The van der Waals surface area contributed by atoms with Crippen LogP contribution in [0.2, 0.25) is 0 Å². The molecule has 0 aliphatic carbocycles. The van der Waals surface area contributed by atoms with Gasteiger partial charge in [0.15, 0.2) is 11.5 Å². The van der Waals surface area contributed by atoms with E-state index in [4.69, 9.17) is 0 Å². The maximum absolute atomic E-state index is 14.6. The lowest BCUT2D eigenvalue weighted by Gasteiger charge is -2.22. The van der Waals surface area contributed by atoms with Crippen LogP contribution < -0.4 is 10.9 Å². The van der Waals surface area contributed by atoms with Gasteiger partial charge >= 0.3 is 0 Å². The molecular formula is C22H17F2N7O. The molecule has 8 nitrogen and oxygen atoms in total. The minimum absolute atomic E-state index is 0.131. The van der Waals surface area contributed by atoms with Crippen LogP contribution in [0.15, 0.2) is 59.9 Å². The zero-order valence-electron chi connectivity index (χ0n) is 16.9. The fourth-order valence-corrected chi connectivity index (χ4v) is 3.67. The van der Waals surface area contributed by atoms with Gasteiger partial charge in [0, 0.05) is 0 Å².